The fraction of sp³-hybridized carbons (Fsp3) is 0.742. The topological polar surface area (TPSA) is 20.2 Å². The van der Waals surface area contributed by atoms with Gasteiger partial charge in [0.05, 0.1) is 6.10 Å². The van der Waals surface area contributed by atoms with E-state index in [0.29, 0.717) is 0 Å². The molecule has 8 unspecified atom stereocenters. The Bertz CT molecular complexity index is 746. The Kier molecular flexibility index (Phi) is 8.19. The lowest BCUT2D eigenvalue weighted by molar-refractivity contribution is 0.0268. The van der Waals surface area contributed by atoms with Crippen molar-refractivity contribution in [2.45, 2.75) is 104 Å². The van der Waals surface area contributed by atoms with Crippen LogP contribution in [0.25, 0.3) is 0 Å². The first kappa shape index (κ1) is 24.1. The van der Waals surface area contributed by atoms with Gasteiger partial charge in [-0.15, -0.1) is 0 Å². The Hall–Kier alpha value is -1.08. The highest BCUT2D eigenvalue weighted by Gasteiger charge is 2.50. The second kappa shape index (κ2) is 10.9. The summed E-state index contributed by atoms with van der Waals surface area (Å²) in [6.45, 7) is 8.63. The third-order valence-corrected chi connectivity index (χ3v) is 9.85. The zero-order chi connectivity index (χ0) is 22.7. The van der Waals surface area contributed by atoms with Crippen LogP contribution in [0.4, 0.5) is 0 Å². The summed E-state index contributed by atoms with van der Waals surface area (Å²) in [5.74, 6) is 6.58. The van der Waals surface area contributed by atoms with E-state index in [9.17, 15) is 5.11 Å². The predicted octanol–water partition coefficient (Wildman–Crippen LogP) is 8.14. The van der Waals surface area contributed by atoms with E-state index in [1.807, 2.05) is 13.8 Å². The van der Waals surface area contributed by atoms with Gasteiger partial charge in [-0.3, -0.25) is 0 Å². The number of allylic oxidation sites excluding steroid dienone is 1. The van der Waals surface area contributed by atoms with Crippen LogP contribution in [0.2, 0.25) is 0 Å². The van der Waals surface area contributed by atoms with Crippen molar-refractivity contribution in [2.75, 3.05) is 0 Å². The summed E-state index contributed by atoms with van der Waals surface area (Å²) in [5.41, 5.74) is 4.53. The van der Waals surface area contributed by atoms with Gasteiger partial charge in [-0.1, -0.05) is 68.7 Å². The zero-order valence-corrected chi connectivity index (χ0v) is 21.2. The highest BCUT2D eigenvalue weighted by molar-refractivity contribution is 5.22. The average molecular weight is 437 g/mol. The molecule has 1 nitrogen and oxygen atoms in total. The van der Waals surface area contributed by atoms with Crippen LogP contribution >= 0.6 is 0 Å². The molecule has 1 aromatic carbocycles. The molecule has 3 saturated carbocycles. The average Bonchev–Trinajstić information content (AvgIpc) is 3.26. The molecule has 4 aliphatic rings. The molecule has 1 N–H and O–H groups in total. The van der Waals surface area contributed by atoms with Gasteiger partial charge in [0, 0.05) is 0 Å². The SMILES string of the molecule is CC.CCC(CCc1ccc(C)cc1)C1CCC2C1CCC1C3CCC(O)CC3=CCC12. The Morgan fingerprint density at radius 3 is 2.34 bits per heavy atom. The van der Waals surface area contributed by atoms with Crippen LogP contribution in [0.5, 0.6) is 0 Å². The highest BCUT2D eigenvalue weighted by Crippen LogP contribution is 2.59. The van der Waals surface area contributed by atoms with Gasteiger partial charge in [0.25, 0.3) is 0 Å². The van der Waals surface area contributed by atoms with Crippen LogP contribution in [0.3, 0.4) is 0 Å². The summed E-state index contributed by atoms with van der Waals surface area (Å²) in [4.78, 5) is 0. The first-order valence-corrected chi connectivity index (χ1v) is 14.1. The van der Waals surface area contributed by atoms with Crippen molar-refractivity contribution >= 4 is 0 Å². The molecule has 8 atom stereocenters. The molecule has 1 heteroatoms. The van der Waals surface area contributed by atoms with Crippen molar-refractivity contribution in [3.63, 3.8) is 0 Å². The van der Waals surface area contributed by atoms with E-state index < -0.39 is 0 Å². The van der Waals surface area contributed by atoms with Crippen molar-refractivity contribution in [1.29, 1.82) is 0 Å². The number of aliphatic hydroxyl groups is 1. The number of benzene rings is 1. The van der Waals surface area contributed by atoms with Gasteiger partial charge in [-0.25, -0.2) is 0 Å². The van der Waals surface area contributed by atoms with E-state index in [0.717, 1.165) is 54.3 Å². The maximum Gasteiger partial charge on any atom is 0.0577 e. The molecule has 0 aromatic heterocycles. The van der Waals surface area contributed by atoms with Gasteiger partial charge in [-0.05, 0) is 118 Å². The van der Waals surface area contributed by atoms with E-state index in [1.165, 1.54) is 68.9 Å². The number of aliphatic hydroxyl groups excluding tert-OH is 1. The smallest absolute Gasteiger partial charge is 0.0577 e. The third kappa shape index (κ3) is 4.89. The highest BCUT2D eigenvalue weighted by atomic mass is 16.3. The molecule has 3 fully saturated rings. The standard InChI is InChI=1S/C29H42O.C2H6/c1-3-21(9-8-20-6-4-19(2)5-7-20)24-14-15-29-26(24)16-17-27-25-13-11-23(30)18-22(25)10-12-28(27)29;1-2/h4-7,10,21,23-30H,3,8-9,11-18H2,1-2H3;1-2H3. The molecule has 0 aliphatic heterocycles. The lowest BCUT2D eigenvalue weighted by Crippen LogP contribution is -2.42. The number of hydrogen-bond acceptors (Lipinski definition) is 1. The minimum Gasteiger partial charge on any atom is -0.393 e. The third-order valence-electron chi connectivity index (χ3n) is 9.85. The Balaban J connectivity index is 0.00000119. The Labute approximate surface area is 198 Å². The quantitative estimate of drug-likeness (QED) is 0.462. The van der Waals surface area contributed by atoms with Crippen molar-refractivity contribution in [3.05, 3.63) is 47.0 Å². The molecular formula is C31H48O. The maximum atomic E-state index is 10.1. The summed E-state index contributed by atoms with van der Waals surface area (Å²) >= 11 is 0. The van der Waals surface area contributed by atoms with E-state index in [-0.39, 0.29) is 6.10 Å². The summed E-state index contributed by atoms with van der Waals surface area (Å²) in [7, 11) is 0. The molecule has 0 radical (unpaired) electrons. The lowest BCUT2D eigenvalue weighted by Gasteiger charge is -2.50. The van der Waals surface area contributed by atoms with Crippen LogP contribution in [0.1, 0.15) is 96.1 Å². The number of rotatable bonds is 5. The van der Waals surface area contributed by atoms with Crippen LogP contribution in [0, 0.1) is 48.3 Å². The van der Waals surface area contributed by atoms with Gasteiger partial charge in [0.2, 0.25) is 0 Å². The van der Waals surface area contributed by atoms with E-state index in [4.69, 9.17) is 0 Å². The monoisotopic (exact) mass is 436 g/mol. The van der Waals surface area contributed by atoms with Crippen molar-refractivity contribution < 1.29 is 5.11 Å². The Morgan fingerprint density at radius 1 is 0.875 bits per heavy atom. The first-order chi connectivity index (χ1) is 15.6. The van der Waals surface area contributed by atoms with Crippen LogP contribution < -0.4 is 0 Å². The summed E-state index contributed by atoms with van der Waals surface area (Å²) in [6, 6.07) is 9.24. The fourth-order valence-electron chi connectivity index (χ4n) is 8.36. The molecule has 32 heavy (non-hydrogen) atoms. The van der Waals surface area contributed by atoms with E-state index in [1.54, 1.807) is 5.57 Å². The first-order valence-electron chi connectivity index (χ1n) is 14.1. The second-order valence-electron chi connectivity index (χ2n) is 11.2. The molecule has 0 bridgehead atoms. The van der Waals surface area contributed by atoms with E-state index >= 15 is 0 Å². The molecule has 178 valence electrons. The molecule has 4 aliphatic carbocycles. The van der Waals surface area contributed by atoms with Gasteiger partial charge in [-0.2, -0.15) is 0 Å². The van der Waals surface area contributed by atoms with Crippen LogP contribution in [-0.4, -0.2) is 11.2 Å². The molecule has 0 spiro atoms. The fourth-order valence-corrected chi connectivity index (χ4v) is 8.36. The summed E-state index contributed by atoms with van der Waals surface area (Å²) < 4.78 is 0. The second-order valence-corrected chi connectivity index (χ2v) is 11.2. The maximum absolute atomic E-state index is 10.1. The largest absolute Gasteiger partial charge is 0.393 e. The molecule has 0 saturated heterocycles. The summed E-state index contributed by atoms with van der Waals surface area (Å²) in [6.07, 6.45) is 17.0. The van der Waals surface area contributed by atoms with Crippen LogP contribution in [0.15, 0.2) is 35.9 Å². The number of fused-ring (bicyclic) bond motifs is 5. The lowest BCUT2D eigenvalue weighted by atomic mass is 9.55. The van der Waals surface area contributed by atoms with Crippen molar-refractivity contribution in [2.24, 2.45) is 41.4 Å². The molecule has 0 amide bonds. The number of aryl methyl sites for hydroxylation is 2. The van der Waals surface area contributed by atoms with Crippen molar-refractivity contribution in [3.8, 4) is 0 Å². The van der Waals surface area contributed by atoms with Gasteiger partial charge in [0.15, 0.2) is 0 Å². The van der Waals surface area contributed by atoms with Crippen molar-refractivity contribution in [1.82, 2.24) is 0 Å². The molecule has 0 heterocycles. The molecular weight excluding hydrogens is 388 g/mol. The normalized spacial score (nSPS) is 36.7. The predicted molar refractivity (Wildman–Crippen MR) is 137 cm³/mol. The zero-order valence-electron chi connectivity index (χ0n) is 21.2. The minimum absolute atomic E-state index is 0.0601. The van der Waals surface area contributed by atoms with Gasteiger partial charge in [0.1, 0.15) is 0 Å². The Morgan fingerprint density at radius 2 is 1.59 bits per heavy atom. The van der Waals surface area contributed by atoms with Gasteiger partial charge < -0.3 is 5.11 Å². The number of hydrogen-bond donors (Lipinski definition) is 1. The van der Waals surface area contributed by atoms with E-state index in [2.05, 4.69) is 44.2 Å². The minimum atomic E-state index is -0.0601. The van der Waals surface area contributed by atoms with Gasteiger partial charge >= 0.3 is 0 Å². The van der Waals surface area contributed by atoms with Crippen LogP contribution in [-0.2, 0) is 6.42 Å². The molecule has 1 aromatic rings. The summed E-state index contributed by atoms with van der Waals surface area (Å²) in [5, 5.41) is 10.1. The molecule has 5 rings (SSSR count).